The summed E-state index contributed by atoms with van der Waals surface area (Å²) >= 11 is 0. The van der Waals surface area contributed by atoms with Gasteiger partial charge in [-0.3, -0.25) is 10.1 Å². The lowest BCUT2D eigenvalue weighted by atomic mass is 10.1. The van der Waals surface area contributed by atoms with Crippen LogP contribution in [-0.2, 0) is 0 Å². The van der Waals surface area contributed by atoms with E-state index in [2.05, 4.69) is 49.1 Å². The van der Waals surface area contributed by atoms with Crippen molar-refractivity contribution in [1.29, 1.82) is 0 Å². The summed E-state index contributed by atoms with van der Waals surface area (Å²) < 4.78 is 0. The van der Waals surface area contributed by atoms with Crippen LogP contribution in [-0.4, -0.2) is 27.9 Å². The topological polar surface area (TPSA) is 68.3 Å². The third-order valence-electron chi connectivity index (χ3n) is 3.50. The number of hydrogen-bond donors (Lipinski definition) is 3. The van der Waals surface area contributed by atoms with Crippen LogP contribution in [0, 0.1) is 0 Å². The van der Waals surface area contributed by atoms with Crippen LogP contribution < -0.4 is 10.9 Å². The first-order chi connectivity index (χ1) is 9.92. The molecule has 20 heavy (non-hydrogen) atoms. The normalized spacial score (nSPS) is 20.5. The van der Waals surface area contributed by atoms with E-state index >= 15 is 0 Å². The van der Waals surface area contributed by atoms with Gasteiger partial charge in [0.1, 0.15) is 12.0 Å². The average molecular weight is 266 g/mol. The van der Waals surface area contributed by atoms with E-state index in [4.69, 9.17) is 0 Å². The van der Waals surface area contributed by atoms with Crippen molar-refractivity contribution in [2.75, 3.05) is 6.54 Å². The Bertz CT molecular complexity index is 672. The van der Waals surface area contributed by atoms with E-state index in [9.17, 15) is 0 Å². The van der Waals surface area contributed by atoms with E-state index in [0.717, 1.165) is 29.3 Å². The first kappa shape index (κ1) is 11.2. The SMILES string of the molecule is C1=NC=C2NNC(c3cc(-c4ccccc4)n[nH]3)N2C1. The fourth-order valence-electron chi connectivity index (χ4n) is 2.48. The van der Waals surface area contributed by atoms with Gasteiger partial charge >= 0.3 is 0 Å². The molecule has 0 spiro atoms. The molecule has 2 aliphatic heterocycles. The maximum atomic E-state index is 4.40. The summed E-state index contributed by atoms with van der Waals surface area (Å²) in [5.41, 5.74) is 9.45. The van der Waals surface area contributed by atoms with Crippen molar-refractivity contribution in [2.45, 2.75) is 6.17 Å². The zero-order chi connectivity index (χ0) is 13.4. The Morgan fingerprint density at radius 2 is 2.10 bits per heavy atom. The number of hydrazine groups is 1. The zero-order valence-corrected chi connectivity index (χ0v) is 10.7. The van der Waals surface area contributed by atoms with Gasteiger partial charge in [0.05, 0.1) is 24.1 Å². The summed E-state index contributed by atoms with van der Waals surface area (Å²) in [6.45, 7) is 0.774. The molecule has 1 aromatic heterocycles. The second-order valence-electron chi connectivity index (χ2n) is 4.74. The number of nitrogens with one attached hydrogen (secondary N) is 3. The van der Waals surface area contributed by atoms with Crippen molar-refractivity contribution in [3.8, 4) is 11.3 Å². The molecule has 1 saturated heterocycles. The third kappa shape index (κ3) is 1.78. The molecule has 0 radical (unpaired) electrons. The highest BCUT2D eigenvalue weighted by Crippen LogP contribution is 2.27. The third-order valence-corrected chi connectivity index (χ3v) is 3.50. The molecule has 0 saturated carbocycles. The van der Waals surface area contributed by atoms with Gasteiger partial charge in [-0.15, -0.1) is 0 Å². The number of H-pyrrole nitrogens is 1. The second-order valence-corrected chi connectivity index (χ2v) is 4.74. The number of aliphatic imine (C=N–C) groups is 1. The minimum absolute atomic E-state index is 0.0398. The molecule has 3 N–H and O–H groups in total. The Morgan fingerprint density at radius 1 is 1.20 bits per heavy atom. The van der Waals surface area contributed by atoms with E-state index in [1.165, 1.54) is 0 Å². The standard InChI is InChI=1S/C14H14N6/c1-2-4-10(5-3-1)11-8-12(17-16-11)14-19-18-13-9-15-6-7-20(13)14/h1-6,8-9,14,18-19H,7H2,(H,16,17). The van der Waals surface area contributed by atoms with Crippen LogP contribution in [0.4, 0.5) is 0 Å². The average Bonchev–Trinajstić information content (AvgIpc) is 3.14. The maximum absolute atomic E-state index is 4.40. The van der Waals surface area contributed by atoms with Gasteiger partial charge in [0.2, 0.25) is 0 Å². The van der Waals surface area contributed by atoms with Gasteiger partial charge in [-0.25, -0.2) is 5.43 Å². The quantitative estimate of drug-likeness (QED) is 0.768. The predicted octanol–water partition coefficient (Wildman–Crippen LogP) is 1.37. The van der Waals surface area contributed by atoms with Crippen LogP contribution in [0.15, 0.2) is 53.4 Å². The number of hydrogen-bond acceptors (Lipinski definition) is 5. The molecule has 100 valence electrons. The van der Waals surface area contributed by atoms with Crippen LogP contribution >= 0.6 is 0 Å². The minimum atomic E-state index is 0.0398. The number of fused-ring (bicyclic) bond motifs is 1. The van der Waals surface area contributed by atoms with Crippen LogP contribution in [0.1, 0.15) is 11.9 Å². The Morgan fingerprint density at radius 3 is 3.00 bits per heavy atom. The molecule has 1 atom stereocenters. The second kappa shape index (κ2) is 4.50. The van der Waals surface area contributed by atoms with E-state index in [1.54, 1.807) is 0 Å². The maximum Gasteiger partial charge on any atom is 0.141 e. The lowest BCUT2D eigenvalue weighted by Crippen LogP contribution is -2.30. The number of aromatic nitrogens is 2. The number of benzene rings is 1. The Kier molecular flexibility index (Phi) is 2.53. The number of aromatic amines is 1. The van der Waals surface area contributed by atoms with Crippen molar-refractivity contribution < 1.29 is 0 Å². The van der Waals surface area contributed by atoms with E-state index in [0.29, 0.717) is 0 Å². The van der Waals surface area contributed by atoms with Crippen molar-refractivity contribution in [3.05, 3.63) is 54.1 Å². The van der Waals surface area contributed by atoms with Crippen molar-refractivity contribution in [1.82, 2.24) is 25.9 Å². The summed E-state index contributed by atoms with van der Waals surface area (Å²) in [7, 11) is 0. The highest BCUT2D eigenvalue weighted by molar-refractivity contribution is 5.63. The fraction of sp³-hybridized carbons (Fsp3) is 0.143. The Balaban J connectivity index is 1.63. The van der Waals surface area contributed by atoms with E-state index < -0.39 is 0 Å². The van der Waals surface area contributed by atoms with Gasteiger partial charge in [0.25, 0.3) is 0 Å². The molecular formula is C14H14N6. The molecule has 4 rings (SSSR count). The predicted molar refractivity (Wildman–Crippen MR) is 76.3 cm³/mol. The van der Waals surface area contributed by atoms with Crippen LogP contribution in [0.25, 0.3) is 11.3 Å². The molecule has 0 amide bonds. The van der Waals surface area contributed by atoms with E-state index in [1.807, 2.05) is 30.6 Å². The van der Waals surface area contributed by atoms with Gasteiger partial charge in [-0.2, -0.15) is 5.10 Å². The van der Waals surface area contributed by atoms with Crippen molar-refractivity contribution in [2.24, 2.45) is 4.99 Å². The first-order valence-electron chi connectivity index (χ1n) is 6.52. The van der Waals surface area contributed by atoms with Gasteiger partial charge < -0.3 is 10.3 Å². The molecule has 6 nitrogen and oxygen atoms in total. The smallest absolute Gasteiger partial charge is 0.141 e. The summed E-state index contributed by atoms with van der Waals surface area (Å²) in [6.07, 6.45) is 3.74. The molecule has 6 heteroatoms. The highest BCUT2D eigenvalue weighted by atomic mass is 15.6. The van der Waals surface area contributed by atoms with Gasteiger partial charge in [0.15, 0.2) is 0 Å². The first-order valence-corrected chi connectivity index (χ1v) is 6.52. The lowest BCUT2D eigenvalue weighted by Gasteiger charge is -2.23. The van der Waals surface area contributed by atoms with Crippen LogP contribution in [0.5, 0.6) is 0 Å². The van der Waals surface area contributed by atoms with Crippen LogP contribution in [0.3, 0.4) is 0 Å². The zero-order valence-electron chi connectivity index (χ0n) is 10.7. The summed E-state index contributed by atoms with van der Waals surface area (Å²) in [5, 5.41) is 7.51. The van der Waals surface area contributed by atoms with Crippen molar-refractivity contribution >= 4 is 6.21 Å². The van der Waals surface area contributed by atoms with E-state index in [-0.39, 0.29) is 6.17 Å². The molecular weight excluding hydrogens is 252 g/mol. The molecule has 0 aliphatic carbocycles. The van der Waals surface area contributed by atoms with Gasteiger partial charge in [0, 0.05) is 11.8 Å². The Hall–Kier alpha value is -2.60. The minimum Gasteiger partial charge on any atom is -0.328 e. The van der Waals surface area contributed by atoms with Gasteiger partial charge in [-0.1, -0.05) is 30.3 Å². The monoisotopic (exact) mass is 266 g/mol. The molecule has 2 aliphatic rings. The molecule has 1 unspecified atom stereocenters. The largest absolute Gasteiger partial charge is 0.328 e. The molecule has 0 bridgehead atoms. The number of rotatable bonds is 2. The highest BCUT2D eigenvalue weighted by Gasteiger charge is 2.30. The number of nitrogens with zero attached hydrogens (tertiary/aromatic N) is 3. The molecule has 1 aromatic carbocycles. The fourth-order valence-corrected chi connectivity index (χ4v) is 2.48. The molecule has 1 fully saturated rings. The summed E-state index contributed by atoms with van der Waals surface area (Å²) in [6, 6.07) is 12.2. The lowest BCUT2D eigenvalue weighted by molar-refractivity contribution is 0.307. The Labute approximate surface area is 116 Å². The molecule has 2 aromatic rings. The molecule has 3 heterocycles. The summed E-state index contributed by atoms with van der Waals surface area (Å²) in [5.74, 6) is 0.980. The summed E-state index contributed by atoms with van der Waals surface area (Å²) in [4.78, 5) is 6.33. The van der Waals surface area contributed by atoms with Gasteiger partial charge in [-0.05, 0) is 6.07 Å². The van der Waals surface area contributed by atoms with Crippen LogP contribution in [0.2, 0.25) is 0 Å². The van der Waals surface area contributed by atoms with Crippen molar-refractivity contribution in [3.63, 3.8) is 0 Å².